The summed E-state index contributed by atoms with van der Waals surface area (Å²) < 4.78 is 6.00. The Labute approximate surface area is 146 Å². The second-order valence-electron chi connectivity index (χ2n) is 7.30. The van der Waals surface area contributed by atoms with Gasteiger partial charge >= 0.3 is 0 Å². The van der Waals surface area contributed by atoms with E-state index in [1.54, 1.807) is 0 Å². The first-order valence-electron chi connectivity index (χ1n) is 9.32. The maximum atomic E-state index is 12.3. The van der Waals surface area contributed by atoms with Crippen molar-refractivity contribution in [3.05, 3.63) is 29.8 Å². The van der Waals surface area contributed by atoms with Crippen LogP contribution in [0.5, 0.6) is 5.75 Å². The number of carbonyl (C=O) groups excluding carboxylic acids is 1. The Morgan fingerprint density at radius 3 is 2.42 bits per heavy atom. The number of hydrogen-bond donors (Lipinski definition) is 2. The molecule has 1 aliphatic rings. The molecule has 1 saturated carbocycles. The minimum atomic E-state index is -0.441. The zero-order chi connectivity index (χ0) is 17.5. The van der Waals surface area contributed by atoms with E-state index in [2.05, 4.69) is 26.1 Å². The lowest BCUT2D eigenvalue weighted by Gasteiger charge is -2.21. The molecule has 0 radical (unpaired) electrons. The number of ether oxygens (including phenoxy) is 1. The molecule has 2 atom stereocenters. The second-order valence-corrected chi connectivity index (χ2v) is 7.30. The van der Waals surface area contributed by atoms with Crippen LogP contribution in [0.25, 0.3) is 0 Å². The highest BCUT2D eigenvalue weighted by atomic mass is 16.5. The average molecular weight is 332 g/mol. The van der Waals surface area contributed by atoms with Gasteiger partial charge in [0.05, 0.1) is 18.2 Å². The van der Waals surface area contributed by atoms with Gasteiger partial charge in [0, 0.05) is 0 Å². The summed E-state index contributed by atoms with van der Waals surface area (Å²) in [5.74, 6) is 1.27. The number of benzene rings is 1. The predicted molar refractivity (Wildman–Crippen MR) is 97.9 cm³/mol. The fourth-order valence-corrected chi connectivity index (χ4v) is 3.29. The van der Waals surface area contributed by atoms with Crippen molar-refractivity contribution < 1.29 is 9.53 Å². The van der Waals surface area contributed by atoms with Crippen LogP contribution < -0.4 is 15.8 Å². The Morgan fingerprint density at radius 1 is 1.25 bits per heavy atom. The van der Waals surface area contributed by atoms with E-state index in [9.17, 15) is 4.79 Å². The van der Waals surface area contributed by atoms with E-state index in [0.717, 1.165) is 30.6 Å². The molecule has 134 valence electrons. The smallest absolute Gasteiger partial charge is 0.237 e. The van der Waals surface area contributed by atoms with E-state index in [1.807, 2.05) is 24.3 Å². The Hall–Kier alpha value is -1.55. The fourth-order valence-electron chi connectivity index (χ4n) is 3.29. The Morgan fingerprint density at radius 2 is 1.88 bits per heavy atom. The van der Waals surface area contributed by atoms with Crippen LogP contribution in [-0.2, 0) is 4.79 Å². The van der Waals surface area contributed by atoms with E-state index < -0.39 is 6.04 Å². The highest BCUT2D eigenvalue weighted by molar-refractivity contribution is 5.81. The zero-order valence-corrected chi connectivity index (χ0v) is 15.3. The zero-order valence-electron chi connectivity index (χ0n) is 15.3. The van der Waals surface area contributed by atoms with Crippen molar-refractivity contribution in [2.24, 2.45) is 11.7 Å². The van der Waals surface area contributed by atoms with Gasteiger partial charge in [-0.15, -0.1) is 0 Å². The Balaban J connectivity index is 1.93. The summed E-state index contributed by atoms with van der Waals surface area (Å²) in [4.78, 5) is 12.3. The third-order valence-electron chi connectivity index (χ3n) is 4.67. The number of hydrogen-bond acceptors (Lipinski definition) is 3. The first kappa shape index (κ1) is 18.8. The van der Waals surface area contributed by atoms with E-state index in [-0.39, 0.29) is 11.9 Å². The first-order valence-corrected chi connectivity index (χ1v) is 9.32. The van der Waals surface area contributed by atoms with Crippen molar-refractivity contribution in [2.75, 3.05) is 0 Å². The summed E-state index contributed by atoms with van der Waals surface area (Å²) in [5.41, 5.74) is 7.08. The molecule has 4 heteroatoms. The number of amides is 1. The molecule has 4 nitrogen and oxygen atoms in total. The van der Waals surface area contributed by atoms with Crippen LogP contribution in [0.2, 0.25) is 0 Å². The van der Waals surface area contributed by atoms with Gasteiger partial charge in [-0.3, -0.25) is 4.79 Å². The van der Waals surface area contributed by atoms with Gasteiger partial charge in [-0.25, -0.2) is 0 Å². The van der Waals surface area contributed by atoms with Crippen molar-refractivity contribution in [1.29, 1.82) is 0 Å². The minimum Gasteiger partial charge on any atom is -0.490 e. The van der Waals surface area contributed by atoms with Gasteiger partial charge < -0.3 is 15.8 Å². The molecule has 0 saturated heterocycles. The lowest BCUT2D eigenvalue weighted by molar-refractivity contribution is -0.123. The molecule has 2 rings (SSSR count). The molecule has 3 N–H and O–H groups in total. The van der Waals surface area contributed by atoms with E-state index in [4.69, 9.17) is 10.5 Å². The summed E-state index contributed by atoms with van der Waals surface area (Å²) in [5, 5.41) is 3.08. The molecule has 1 aromatic carbocycles. The van der Waals surface area contributed by atoms with Crippen LogP contribution in [0, 0.1) is 5.92 Å². The van der Waals surface area contributed by atoms with Crippen LogP contribution in [0.1, 0.15) is 70.9 Å². The normalized spacial score (nSPS) is 17.7. The topological polar surface area (TPSA) is 64.4 Å². The molecule has 0 heterocycles. The first-order chi connectivity index (χ1) is 11.5. The molecule has 0 bridgehead atoms. The van der Waals surface area contributed by atoms with Gasteiger partial charge in [0.15, 0.2) is 0 Å². The summed E-state index contributed by atoms with van der Waals surface area (Å²) in [6.45, 7) is 6.23. The number of rotatable bonds is 8. The van der Waals surface area contributed by atoms with Crippen LogP contribution >= 0.6 is 0 Å². The van der Waals surface area contributed by atoms with Crippen LogP contribution in [-0.4, -0.2) is 18.1 Å². The monoisotopic (exact) mass is 332 g/mol. The third-order valence-corrected chi connectivity index (χ3v) is 4.67. The highest BCUT2D eigenvalue weighted by Crippen LogP contribution is 2.26. The SMILES string of the molecule is CC[C@@H](NC(=O)[C@@H](N)CC(C)C)c1ccc(OC2CCCC2)cc1. The van der Waals surface area contributed by atoms with Crippen molar-refractivity contribution in [2.45, 2.75) is 77.5 Å². The lowest BCUT2D eigenvalue weighted by atomic mass is 10.0. The summed E-state index contributed by atoms with van der Waals surface area (Å²) in [6, 6.07) is 7.67. The van der Waals surface area contributed by atoms with Gasteiger partial charge in [0.25, 0.3) is 0 Å². The standard InChI is InChI=1S/C20H32N2O2/c1-4-19(22-20(23)18(21)13-14(2)3)15-9-11-17(12-10-15)24-16-7-5-6-8-16/h9-12,14,16,18-19H,4-8,13,21H2,1-3H3,(H,22,23)/t18-,19+/m0/s1. The van der Waals surface area contributed by atoms with Crippen LogP contribution in [0.4, 0.5) is 0 Å². The van der Waals surface area contributed by atoms with E-state index >= 15 is 0 Å². The molecule has 1 aliphatic carbocycles. The van der Waals surface area contributed by atoms with Crippen LogP contribution in [0.15, 0.2) is 24.3 Å². The maximum absolute atomic E-state index is 12.3. The highest BCUT2D eigenvalue weighted by Gasteiger charge is 2.20. The van der Waals surface area contributed by atoms with Gasteiger partial charge in [-0.05, 0) is 62.1 Å². The maximum Gasteiger partial charge on any atom is 0.237 e. The van der Waals surface area contributed by atoms with E-state index in [0.29, 0.717) is 18.4 Å². The fraction of sp³-hybridized carbons (Fsp3) is 0.650. The quantitative estimate of drug-likeness (QED) is 0.757. The molecule has 0 aromatic heterocycles. The molecule has 0 spiro atoms. The van der Waals surface area contributed by atoms with Gasteiger partial charge in [-0.1, -0.05) is 32.9 Å². The minimum absolute atomic E-state index is 0.00348. The van der Waals surface area contributed by atoms with Crippen LogP contribution in [0.3, 0.4) is 0 Å². The van der Waals surface area contributed by atoms with Crippen molar-refractivity contribution in [1.82, 2.24) is 5.32 Å². The third kappa shape index (κ3) is 5.52. The van der Waals surface area contributed by atoms with Gasteiger partial charge in [0.1, 0.15) is 5.75 Å². The van der Waals surface area contributed by atoms with Gasteiger partial charge in [-0.2, -0.15) is 0 Å². The van der Waals surface area contributed by atoms with Crippen molar-refractivity contribution >= 4 is 5.91 Å². The molecular weight excluding hydrogens is 300 g/mol. The van der Waals surface area contributed by atoms with Crippen molar-refractivity contribution in [3.8, 4) is 5.75 Å². The Kier molecular flexibility index (Phi) is 7.10. The van der Waals surface area contributed by atoms with Crippen molar-refractivity contribution in [3.63, 3.8) is 0 Å². The van der Waals surface area contributed by atoms with E-state index in [1.165, 1.54) is 12.8 Å². The summed E-state index contributed by atoms with van der Waals surface area (Å²) in [7, 11) is 0. The summed E-state index contributed by atoms with van der Waals surface area (Å²) >= 11 is 0. The molecule has 24 heavy (non-hydrogen) atoms. The molecule has 1 amide bonds. The lowest BCUT2D eigenvalue weighted by Crippen LogP contribution is -2.42. The number of nitrogens with two attached hydrogens (primary N) is 1. The second kappa shape index (κ2) is 9.07. The number of nitrogens with one attached hydrogen (secondary N) is 1. The summed E-state index contributed by atoms with van der Waals surface area (Å²) in [6.07, 6.45) is 6.75. The molecular formula is C20H32N2O2. The van der Waals surface area contributed by atoms with Gasteiger partial charge in [0.2, 0.25) is 5.91 Å². The molecule has 1 aromatic rings. The number of carbonyl (C=O) groups is 1. The molecule has 1 fully saturated rings. The average Bonchev–Trinajstić information content (AvgIpc) is 3.05. The largest absolute Gasteiger partial charge is 0.490 e. The molecule has 0 unspecified atom stereocenters. The molecule has 0 aliphatic heterocycles. The Bertz CT molecular complexity index is 507. The predicted octanol–water partition coefficient (Wildman–Crippen LogP) is 3.95.